The molecule has 1 fully saturated rings. The monoisotopic (exact) mass is 388 g/mol. The Balaban J connectivity index is 1.82. The van der Waals surface area contributed by atoms with Crippen LogP contribution in [-0.2, 0) is 16.1 Å². The Labute approximate surface area is 155 Å². The van der Waals surface area contributed by atoms with Crippen molar-refractivity contribution < 1.29 is 32.6 Å². The summed E-state index contributed by atoms with van der Waals surface area (Å²) in [5.41, 5.74) is 0.824. The van der Waals surface area contributed by atoms with Crippen LogP contribution in [-0.4, -0.2) is 54.3 Å². The number of carbonyl (C=O) groups excluding carboxylic acids is 1. The van der Waals surface area contributed by atoms with E-state index in [0.717, 1.165) is 17.7 Å². The van der Waals surface area contributed by atoms with Gasteiger partial charge < -0.3 is 15.2 Å². The lowest BCUT2D eigenvalue weighted by molar-refractivity contribution is -0.188. The van der Waals surface area contributed by atoms with Gasteiger partial charge in [0, 0.05) is 19.6 Å². The number of carboxylic acid groups (broad SMARTS) is 1. The zero-order chi connectivity index (χ0) is 20.0. The summed E-state index contributed by atoms with van der Waals surface area (Å²) in [7, 11) is 0. The van der Waals surface area contributed by atoms with Gasteiger partial charge in [0.25, 0.3) is 0 Å². The summed E-state index contributed by atoms with van der Waals surface area (Å²) in [6.45, 7) is 1.79. The molecule has 0 unspecified atom stereocenters. The van der Waals surface area contributed by atoms with Gasteiger partial charge in [-0.25, -0.2) is 0 Å². The standard InChI is InChI=1S/C18H23F3N2O4/c1-2-7-27-13-5-3-12(4-6-13)8-22-16(24)11-23-9-14(17(25)26)15(10-23)18(19,20)21/h3-6,14-15H,2,7-11H2,1H3,(H,22,24)(H,25,26)/t14-,15-/m1/s1. The fraction of sp³-hybridized carbons (Fsp3) is 0.556. The Morgan fingerprint density at radius 1 is 1.26 bits per heavy atom. The van der Waals surface area contributed by atoms with E-state index in [1.165, 1.54) is 4.90 Å². The van der Waals surface area contributed by atoms with Crippen LogP contribution in [0, 0.1) is 11.8 Å². The number of aliphatic carboxylic acids is 1. The van der Waals surface area contributed by atoms with Gasteiger partial charge in [-0.2, -0.15) is 13.2 Å². The normalized spacial score (nSPS) is 20.4. The number of carbonyl (C=O) groups is 2. The van der Waals surface area contributed by atoms with E-state index in [1.807, 2.05) is 6.92 Å². The summed E-state index contributed by atoms with van der Waals surface area (Å²) in [4.78, 5) is 24.3. The zero-order valence-electron chi connectivity index (χ0n) is 15.0. The Morgan fingerprint density at radius 2 is 1.93 bits per heavy atom. The maximum atomic E-state index is 13.0. The van der Waals surface area contributed by atoms with Gasteiger partial charge in [0.15, 0.2) is 0 Å². The first-order chi connectivity index (χ1) is 12.7. The fourth-order valence-corrected chi connectivity index (χ4v) is 2.98. The van der Waals surface area contributed by atoms with Gasteiger partial charge in [-0.3, -0.25) is 14.5 Å². The van der Waals surface area contributed by atoms with E-state index in [0.29, 0.717) is 6.61 Å². The summed E-state index contributed by atoms with van der Waals surface area (Å²) in [6.07, 6.45) is -3.71. The summed E-state index contributed by atoms with van der Waals surface area (Å²) in [5.74, 6) is -4.73. The van der Waals surface area contributed by atoms with E-state index in [4.69, 9.17) is 9.84 Å². The van der Waals surface area contributed by atoms with E-state index < -0.39 is 36.4 Å². The number of rotatable bonds is 8. The molecule has 1 aliphatic rings. The van der Waals surface area contributed by atoms with E-state index in [-0.39, 0.29) is 19.6 Å². The predicted molar refractivity (Wildman–Crippen MR) is 91.2 cm³/mol. The molecule has 1 amide bonds. The van der Waals surface area contributed by atoms with Crippen molar-refractivity contribution in [2.45, 2.75) is 26.1 Å². The quantitative estimate of drug-likeness (QED) is 0.715. The largest absolute Gasteiger partial charge is 0.494 e. The maximum Gasteiger partial charge on any atom is 0.393 e. The van der Waals surface area contributed by atoms with Gasteiger partial charge in [0.1, 0.15) is 5.75 Å². The summed E-state index contributed by atoms with van der Waals surface area (Å²) >= 11 is 0. The van der Waals surface area contributed by atoms with Crippen LogP contribution in [0.15, 0.2) is 24.3 Å². The van der Waals surface area contributed by atoms with Gasteiger partial charge in [0.2, 0.25) is 5.91 Å². The van der Waals surface area contributed by atoms with Gasteiger partial charge in [-0.05, 0) is 24.1 Å². The lowest BCUT2D eigenvalue weighted by Crippen LogP contribution is -2.36. The number of benzene rings is 1. The zero-order valence-corrected chi connectivity index (χ0v) is 15.0. The predicted octanol–water partition coefficient (Wildman–Crippen LogP) is 2.29. The number of alkyl halides is 3. The topological polar surface area (TPSA) is 78.9 Å². The molecule has 1 aromatic carbocycles. The number of ether oxygens (including phenoxy) is 1. The Kier molecular flexibility index (Phi) is 7.06. The average molecular weight is 388 g/mol. The maximum absolute atomic E-state index is 13.0. The molecule has 2 rings (SSSR count). The lowest BCUT2D eigenvalue weighted by Gasteiger charge is -2.18. The third kappa shape index (κ3) is 6.13. The van der Waals surface area contributed by atoms with Crippen LogP contribution in [0.4, 0.5) is 13.2 Å². The second kappa shape index (κ2) is 9.07. The van der Waals surface area contributed by atoms with Gasteiger partial charge in [-0.1, -0.05) is 19.1 Å². The molecule has 150 valence electrons. The van der Waals surface area contributed by atoms with Crippen molar-refractivity contribution in [3.63, 3.8) is 0 Å². The van der Waals surface area contributed by atoms with Crippen LogP contribution >= 0.6 is 0 Å². The highest BCUT2D eigenvalue weighted by atomic mass is 19.4. The molecule has 27 heavy (non-hydrogen) atoms. The Hall–Kier alpha value is -2.29. The first kappa shape index (κ1) is 21.0. The third-order valence-electron chi connectivity index (χ3n) is 4.39. The number of halogens is 3. The van der Waals surface area contributed by atoms with Crippen molar-refractivity contribution in [3.05, 3.63) is 29.8 Å². The molecule has 1 heterocycles. The van der Waals surface area contributed by atoms with E-state index in [9.17, 15) is 22.8 Å². The molecule has 1 aliphatic heterocycles. The average Bonchev–Trinajstić information content (AvgIpc) is 3.03. The minimum absolute atomic E-state index is 0.228. The molecule has 0 aromatic heterocycles. The molecule has 1 saturated heterocycles. The van der Waals surface area contributed by atoms with Crippen molar-refractivity contribution in [1.82, 2.24) is 10.2 Å². The Morgan fingerprint density at radius 3 is 2.44 bits per heavy atom. The number of likely N-dealkylation sites (tertiary alicyclic amines) is 1. The van der Waals surface area contributed by atoms with Crippen LogP contribution < -0.4 is 10.1 Å². The lowest BCUT2D eigenvalue weighted by atomic mass is 9.96. The van der Waals surface area contributed by atoms with Gasteiger partial charge in [0.05, 0.1) is 25.0 Å². The number of hydrogen-bond donors (Lipinski definition) is 2. The highest BCUT2D eigenvalue weighted by molar-refractivity contribution is 5.78. The first-order valence-electron chi connectivity index (χ1n) is 8.71. The molecule has 0 spiro atoms. The number of nitrogens with one attached hydrogen (secondary N) is 1. The van der Waals surface area contributed by atoms with Crippen molar-refractivity contribution in [2.75, 3.05) is 26.2 Å². The van der Waals surface area contributed by atoms with E-state index in [1.54, 1.807) is 24.3 Å². The molecule has 0 aliphatic carbocycles. The van der Waals surface area contributed by atoms with Crippen molar-refractivity contribution >= 4 is 11.9 Å². The summed E-state index contributed by atoms with van der Waals surface area (Å²) in [6, 6.07) is 7.15. The molecule has 0 saturated carbocycles. The number of amides is 1. The van der Waals surface area contributed by atoms with Crippen molar-refractivity contribution in [1.29, 1.82) is 0 Å². The molecule has 0 radical (unpaired) electrons. The van der Waals surface area contributed by atoms with Crippen molar-refractivity contribution in [3.8, 4) is 5.75 Å². The van der Waals surface area contributed by atoms with Crippen LogP contribution in [0.5, 0.6) is 5.75 Å². The summed E-state index contributed by atoms with van der Waals surface area (Å²) < 4.78 is 44.3. The molecule has 2 atom stereocenters. The second-order valence-electron chi connectivity index (χ2n) is 6.56. The van der Waals surface area contributed by atoms with E-state index >= 15 is 0 Å². The van der Waals surface area contributed by atoms with E-state index in [2.05, 4.69) is 5.32 Å². The van der Waals surface area contributed by atoms with Gasteiger partial charge >= 0.3 is 12.1 Å². The Bertz CT molecular complexity index is 649. The number of hydrogen-bond acceptors (Lipinski definition) is 4. The molecule has 9 heteroatoms. The van der Waals surface area contributed by atoms with Crippen LogP contribution in [0.25, 0.3) is 0 Å². The molecular weight excluding hydrogens is 365 g/mol. The van der Waals surface area contributed by atoms with Crippen LogP contribution in [0.2, 0.25) is 0 Å². The molecular formula is C18H23F3N2O4. The molecule has 6 nitrogen and oxygen atoms in total. The minimum Gasteiger partial charge on any atom is -0.494 e. The fourth-order valence-electron chi connectivity index (χ4n) is 2.98. The summed E-state index contributed by atoms with van der Waals surface area (Å²) in [5, 5.41) is 11.6. The first-order valence-corrected chi connectivity index (χ1v) is 8.71. The highest BCUT2D eigenvalue weighted by Crippen LogP contribution is 2.37. The SMILES string of the molecule is CCCOc1ccc(CNC(=O)CN2C[C@@H](C(F)(F)F)[C@H](C(=O)O)C2)cc1. The van der Waals surface area contributed by atoms with Crippen LogP contribution in [0.3, 0.4) is 0 Å². The van der Waals surface area contributed by atoms with Gasteiger partial charge in [-0.15, -0.1) is 0 Å². The third-order valence-corrected chi connectivity index (χ3v) is 4.39. The van der Waals surface area contributed by atoms with Crippen molar-refractivity contribution in [2.24, 2.45) is 11.8 Å². The smallest absolute Gasteiger partial charge is 0.393 e. The number of nitrogens with zero attached hydrogens (tertiary/aromatic N) is 1. The molecule has 0 bridgehead atoms. The minimum atomic E-state index is -4.60. The molecule has 1 aromatic rings. The molecule has 2 N–H and O–H groups in total. The number of carboxylic acids is 1. The highest BCUT2D eigenvalue weighted by Gasteiger charge is 2.52. The second-order valence-corrected chi connectivity index (χ2v) is 6.56. The van der Waals surface area contributed by atoms with Crippen LogP contribution in [0.1, 0.15) is 18.9 Å².